The number of rotatable bonds is 6. The summed E-state index contributed by atoms with van der Waals surface area (Å²) in [5.41, 5.74) is 0. The fourth-order valence-corrected chi connectivity index (χ4v) is 2.75. The predicted octanol–water partition coefficient (Wildman–Crippen LogP) is 1.42. The number of hydrogen-bond acceptors (Lipinski definition) is 3. The number of amides is 2. The monoisotopic (exact) mass is 299 g/mol. The van der Waals surface area contributed by atoms with Crippen LogP contribution < -0.4 is 0 Å². The van der Waals surface area contributed by atoms with Gasteiger partial charge in [0.05, 0.1) is 5.92 Å². The van der Waals surface area contributed by atoms with Crippen LogP contribution in [0.4, 0.5) is 4.79 Å². The summed E-state index contributed by atoms with van der Waals surface area (Å²) in [4.78, 5) is 29.5. The van der Waals surface area contributed by atoms with Crippen molar-refractivity contribution in [2.75, 3.05) is 40.3 Å². The zero-order chi connectivity index (χ0) is 16.2. The first-order valence-electron chi connectivity index (χ1n) is 7.67. The predicted molar refractivity (Wildman–Crippen MR) is 82.3 cm³/mol. The standard InChI is InChI=1S/C15H29N3O3/c1-11(2)10-17(9-8-16(4)5)15(21)18-7-6-13(12(18)3)14(19)20/h11-13H,6-10H2,1-5H3,(H,19,20). The summed E-state index contributed by atoms with van der Waals surface area (Å²) in [6, 6.07) is -0.259. The largest absolute Gasteiger partial charge is 0.481 e. The molecule has 0 spiro atoms. The molecule has 1 N–H and O–H groups in total. The Labute approximate surface area is 127 Å². The van der Waals surface area contributed by atoms with Crippen molar-refractivity contribution in [1.29, 1.82) is 0 Å². The van der Waals surface area contributed by atoms with Crippen molar-refractivity contribution in [3.8, 4) is 0 Å². The molecule has 1 heterocycles. The number of likely N-dealkylation sites (N-methyl/N-ethyl adjacent to an activating group) is 1. The highest BCUT2D eigenvalue weighted by molar-refractivity contribution is 5.78. The van der Waals surface area contributed by atoms with E-state index in [1.807, 2.05) is 30.8 Å². The van der Waals surface area contributed by atoms with E-state index in [1.165, 1.54) is 0 Å². The highest BCUT2D eigenvalue weighted by atomic mass is 16.4. The second kappa shape index (κ2) is 7.64. The lowest BCUT2D eigenvalue weighted by atomic mass is 10.0. The Hall–Kier alpha value is -1.30. The molecule has 0 bridgehead atoms. The number of carbonyl (C=O) groups excluding carboxylic acids is 1. The van der Waals surface area contributed by atoms with Gasteiger partial charge in [0.2, 0.25) is 0 Å². The second-order valence-electron chi connectivity index (χ2n) is 6.59. The van der Waals surface area contributed by atoms with Crippen LogP contribution >= 0.6 is 0 Å². The molecule has 1 rings (SSSR count). The molecule has 0 radical (unpaired) electrons. The average Bonchev–Trinajstić information content (AvgIpc) is 2.75. The first-order valence-corrected chi connectivity index (χ1v) is 7.67. The third-order valence-electron chi connectivity index (χ3n) is 3.99. The molecule has 1 fully saturated rings. The van der Waals surface area contributed by atoms with Gasteiger partial charge in [0.25, 0.3) is 0 Å². The first kappa shape index (κ1) is 17.8. The molecular weight excluding hydrogens is 270 g/mol. The normalized spacial score (nSPS) is 22.1. The van der Waals surface area contributed by atoms with E-state index in [2.05, 4.69) is 13.8 Å². The maximum Gasteiger partial charge on any atom is 0.320 e. The van der Waals surface area contributed by atoms with E-state index in [-0.39, 0.29) is 12.1 Å². The number of likely N-dealkylation sites (tertiary alicyclic amines) is 1. The Balaban J connectivity index is 2.73. The van der Waals surface area contributed by atoms with Crippen LogP contribution in [0.5, 0.6) is 0 Å². The van der Waals surface area contributed by atoms with Crippen LogP contribution in [0.3, 0.4) is 0 Å². The van der Waals surface area contributed by atoms with Gasteiger partial charge in [-0.2, -0.15) is 0 Å². The van der Waals surface area contributed by atoms with Crippen LogP contribution in [-0.4, -0.2) is 78.1 Å². The second-order valence-corrected chi connectivity index (χ2v) is 6.59. The molecule has 2 amide bonds. The molecule has 2 unspecified atom stereocenters. The maximum absolute atomic E-state index is 12.7. The fraction of sp³-hybridized carbons (Fsp3) is 0.867. The van der Waals surface area contributed by atoms with E-state index in [0.717, 1.165) is 6.54 Å². The molecule has 0 aromatic heterocycles. The summed E-state index contributed by atoms with van der Waals surface area (Å²) in [5, 5.41) is 9.19. The molecule has 2 atom stereocenters. The number of carbonyl (C=O) groups is 2. The van der Waals surface area contributed by atoms with Crippen LogP contribution in [0.25, 0.3) is 0 Å². The number of aliphatic carboxylic acids is 1. The highest BCUT2D eigenvalue weighted by Gasteiger charge is 2.39. The van der Waals surface area contributed by atoms with Crippen LogP contribution in [0.1, 0.15) is 27.2 Å². The van der Waals surface area contributed by atoms with Gasteiger partial charge in [0.15, 0.2) is 0 Å². The Kier molecular flexibility index (Phi) is 6.45. The third-order valence-corrected chi connectivity index (χ3v) is 3.99. The summed E-state index contributed by atoms with van der Waals surface area (Å²) in [6.45, 7) is 8.73. The number of carboxylic acids is 1. The van der Waals surface area contributed by atoms with E-state index in [0.29, 0.717) is 32.0 Å². The van der Waals surface area contributed by atoms with Crippen molar-refractivity contribution in [3.63, 3.8) is 0 Å². The Morgan fingerprint density at radius 3 is 2.33 bits per heavy atom. The fourth-order valence-electron chi connectivity index (χ4n) is 2.75. The van der Waals surface area contributed by atoms with Crippen LogP contribution in [0.2, 0.25) is 0 Å². The molecule has 0 aliphatic carbocycles. The smallest absolute Gasteiger partial charge is 0.320 e. The zero-order valence-electron chi connectivity index (χ0n) is 13.9. The van der Waals surface area contributed by atoms with Crippen LogP contribution in [0, 0.1) is 11.8 Å². The van der Waals surface area contributed by atoms with Gasteiger partial charge in [0.1, 0.15) is 0 Å². The first-order chi connectivity index (χ1) is 9.73. The van der Waals surface area contributed by atoms with Crippen LogP contribution in [-0.2, 0) is 4.79 Å². The van der Waals surface area contributed by atoms with Crippen molar-refractivity contribution in [2.24, 2.45) is 11.8 Å². The third kappa shape index (κ3) is 4.88. The minimum Gasteiger partial charge on any atom is -0.481 e. The Morgan fingerprint density at radius 2 is 1.90 bits per heavy atom. The van der Waals surface area contributed by atoms with Crippen molar-refractivity contribution >= 4 is 12.0 Å². The molecule has 1 aliphatic rings. The molecule has 0 aromatic rings. The van der Waals surface area contributed by atoms with E-state index < -0.39 is 11.9 Å². The lowest BCUT2D eigenvalue weighted by Gasteiger charge is -2.33. The van der Waals surface area contributed by atoms with Gasteiger partial charge in [-0.05, 0) is 33.4 Å². The minimum absolute atomic E-state index is 0.0261. The van der Waals surface area contributed by atoms with Gasteiger partial charge in [-0.15, -0.1) is 0 Å². The molecule has 1 saturated heterocycles. The summed E-state index contributed by atoms with van der Waals surface area (Å²) in [7, 11) is 3.97. The summed E-state index contributed by atoms with van der Waals surface area (Å²) in [6.07, 6.45) is 0.547. The minimum atomic E-state index is -0.804. The number of nitrogens with zero attached hydrogens (tertiary/aromatic N) is 3. The van der Waals surface area contributed by atoms with Crippen molar-refractivity contribution in [2.45, 2.75) is 33.2 Å². The highest BCUT2D eigenvalue weighted by Crippen LogP contribution is 2.25. The van der Waals surface area contributed by atoms with Crippen molar-refractivity contribution in [3.05, 3.63) is 0 Å². The molecule has 6 nitrogen and oxygen atoms in total. The van der Waals surface area contributed by atoms with Gasteiger partial charge in [-0.3, -0.25) is 4.79 Å². The zero-order valence-corrected chi connectivity index (χ0v) is 13.9. The van der Waals surface area contributed by atoms with Crippen molar-refractivity contribution in [1.82, 2.24) is 14.7 Å². The van der Waals surface area contributed by atoms with Gasteiger partial charge in [-0.25, -0.2) is 4.79 Å². The average molecular weight is 299 g/mol. The van der Waals surface area contributed by atoms with Gasteiger partial charge < -0.3 is 19.8 Å². The topological polar surface area (TPSA) is 64.1 Å². The van der Waals surface area contributed by atoms with Gasteiger partial charge in [0, 0.05) is 32.2 Å². The molecule has 0 saturated carbocycles. The molecule has 6 heteroatoms. The summed E-state index contributed by atoms with van der Waals surface area (Å²) in [5.74, 6) is -0.852. The molecule has 122 valence electrons. The van der Waals surface area contributed by atoms with E-state index in [4.69, 9.17) is 0 Å². The van der Waals surface area contributed by atoms with E-state index >= 15 is 0 Å². The van der Waals surface area contributed by atoms with Gasteiger partial charge in [-0.1, -0.05) is 13.8 Å². The number of hydrogen-bond donors (Lipinski definition) is 1. The molecule has 21 heavy (non-hydrogen) atoms. The lowest BCUT2D eigenvalue weighted by molar-refractivity contribution is -0.142. The van der Waals surface area contributed by atoms with Crippen molar-refractivity contribution < 1.29 is 14.7 Å². The quantitative estimate of drug-likeness (QED) is 0.805. The van der Waals surface area contributed by atoms with Crippen LogP contribution in [0.15, 0.2) is 0 Å². The molecule has 0 aromatic carbocycles. The number of urea groups is 1. The van der Waals surface area contributed by atoms with E-state index in [9.17, 15) is 14.7 Å². The van der Waals surface area contributed by atoms with Gasteiger partial charge >= 0.3 is 12.0 Å². The number of carboxylic acid groups (broad SMARTS) is 1. The Morgan fingerprint density at radius 1 is 1.29 bits per heavy atom. The summed E-state index contributed by atoms with van der Waals surface area (Å²) < 4.78 is 0. The Bertz CT molecular complexity index is 371. The molecule has 1 aliphatic heterocycles. The lowest BCUT2D eigenvalue weighted by Crippen LogP contribution is -2.49. The molecular formula is C15H29N3O3. The SMILES string of the molecule is CC(C)CN(CCN(C)C)C(=O)N1CCC(C(=O)O)C1C. The van der Waals surface area contributed by atoms with E-state index in [1.54, 1.807) is 4.90 Å². The maximum atomic E-state index is 12.7. The summed E-state index contributed by atoms with van der Waals surface area (Å²) >= 11 is 0.